The van der Waals surface area contributed by atoms with E-state index in [9.17, 15) is 14.3 Å². The lowest BCUT2D eigenvalue weighted by Crippen LogP contribution is -2.00. The van der Waals surface area contributed by atoms with Gasteiger partial charge in [-0.15, -0.1) is 11.8 Å². The first-order chi connectivity index (χ1) is 8.61. The third-order valence-electron chi connectivity index (χ3n) is 2.59. The monoisotopic (exact) mass is 262 g/mol. The molecule has 1 N–H and O–H groups in total. The van der Waals surface area contributed by atoms with Gasteiger partial charge in [-0.25, -0.2) is 9.18 Å². The lowest BCUT2D eigenvalue weighted by atomic mass is 10.00. The van der Waals surface area contributed by atoms with Crippen LogP contribution in [-0.4, -0.2) is 17.3 Å². The predicted octanol–water partition coefficient (Wildman–Crippen LogP) is 3.91. The Kier molecular flexibility index (Phi) is 3.67. The second kappa shape index (κ2) is 5.23. The highest BCUT2D eigenvalue weighted by atomic mass is 32.2. The lowest BCUT2D eigenvalue weighted by Gasteiger charge is -2.08. The molecule has 0 fully saturated rings. The number of hydrogen-bond donors (Lipinski definition) is 1. The fourth-order valence-corrected chi connectivity index (χ4v) is 2.17. The summed E-state index contributed by atoms with van der Waals surface area (Å²) in [5.41, 5.74) is 1.28. The molecule has 2 aromatic carbocycles. The van der Waals surface area contributed by atoms with Gasteiger partial charge in [0.05, 0.1) is 5.56 Å². The zero-order chi connectivity index (χ0) is 13.1. The minimum Gasteiger partial charge on any atom is -0.478 e. The molecule has 18 heavy (non-hydrogen) atoms. The first-order valence-corrected chi connectivity index (χ1v) is 6.51. The second-order valence-corrected chi connectivity index (χ2v) is 4.61. The summed E-state index contributed by atoms with van der Waals surface area (Å²) in [4.78, 5) is 12.1. The highest BCUT2D eigenvalue weighted by molar-refractivity contribution is 7.98. The van der Waals surface area contributed by atoms with Crippen molar-refractivity contribution < 1.29 is 14.3 Å². The molecule has 2 aromatic rings. The van der Waals surface area contributed by atoms with Crippen molar-refractivity contribution in [2.24, 2.45) is 0 Å². The van der Waals surface area contributed by atoms with Gasteiger partial charge in [-0.1, -0.05) is 18.2 Å². The van der Waals surface area contributed by atoms with E-state index in [1.165, 1.54) is 23.9 Å². The van der Waals surface area contributed by atoms with Crippen LogP contribution < -0.4 is 0 Å². The molecule has 0 saturated carbocycles. The molecule has 2 nitrogen and oxygen atoms in total. The van der Waals surface area contributed by atoms with Gasteiger partial charge < -0.3 is 5.11 Å². The summed E-state index contributed by atoms with van der Waals surface area (Å²) < 4.78 is 13.2. The summed E-state index contributed by atoms with van der Waals surface area (Å²) in [6, 6.07) is 11.1. The van der Waals surface area contributed by atoms with Crippen molar-refractivity contribution in [3.05, 3.63) is 53.8 Å². The van der Waals surface area contributed by atoms with Crippen LogP contribution in [0.2, 0.25) is 0 Å². The Morgan fingerprint density at radius 3 is 2.61 bits per heavy atom. The van der Waals surface area contributed by atoms with Gasteiger partial charge in [-0.05, 0) is 41.6 Å². The van der Waals surface area contributed by atoms with Crippen molar-refractivity contribution in [1.29, 1.82) is 0 Å². The van der Waals surface area contributed by atoms with Gasteiger partial charge in [-0.3, -0.25) is 0 Å². The van der Waals surface area contributed by atoms with Gasteiger partial charge in [0, 0.05) is 4.90 Å². The zero-order valence-electron chi connectivity index (χ0n) is 9.68. The van der Waals surface area contributed by atoms with Crippen LogP contribution in [0.4, 0.5) is 4.39 Å². The second-order valence-electron chi connectivity index (χ2n) is 3.73. The number of carboxylic acids is 1. The van der Waals surface area contributed by atoms with Crippen molar-refractivity contribution >= 4 is 17.7 Å². The third kappa shape index (κ3) is 2.54. The number of thioether (sulfide) groups is 1. The smallest absolute Gasteiger partial charge is 0.336 e. The van der Waals surface area contributed by atoms with E-state index < -0.39 is 5.97 Å². The van der Waals surface area contributed by atoms with Gasteiger partial charge in [0.15, 0.2) is 0 Å². The molecule has 0 amide bonds. The van der Waals surface area contributed by atoms with E-state index >= 15 is 0 Å². The first kappa shape index (κ1) is 12.6. The Labute approximate surface area is 108 Å². The molecule has 0 saturated heterocycles. The van der Waals surface area contributed by atoms with Crippen molar-refractivity contribution in [3.8, 4) is 11.1 Å². The summed E-state index contributed by atoms with van der Waals surface area (Å²) in [6.07, 6.45) is 1.88. The van der Waals surface area contributed by atoms with Crippen molar-refractivity contribution in [2.75, 3.05) is 6.26 Å². The maximum atomic E-state index is 13.2. The number of halogens is 1. The van der Waals surface area contributed by atoms with Crippen molar-refractivity contribution in [2.45, 2.75) is 4.90 Å². The Hall–Kier alpha value is -1.81. The van der Waals surface area contributed by atoms with Crippen LogP contribution in [0.25, 0.3) is 11.1 Å². The molecule has 0 radical (unpaired) electrons. The lowest BCUT2D eigenvalue weighted by molar-refractivity contribution is 0.0697. The van der Waals surface area contributed by atoms with Gasteiger partial charge in [0.2, 0.25) is 0 Å². The highest BCUT2D eigenvalue weighted by Gasteiger charge is 2.12. The van der Waals surface area contributed by atoms with E-state index in [0.29, 0.717) is 11.1 Å². The fourth-order valence-electron chi connectivity index (χ4n) is 1.74. The molecule has 0 aliphatic heterocycles. The molecular weight excluding hydrogens is 251 g/mol. The van der Waals surface area contributed by atoms with Gasteiger partial charge in [0.25, 0.3) is 0 Å². The number of carboxylic acid groups (broad SMARTS) is 1. The van der Waals surface area contributed by atoms with Crippen LogP contribution in [0.1, 0.15) is 10.4 Å². The molecule has 0 heterocycles. The van der Waals surface area contributed by atoms with Crippen LogP contribution in [0.5, 0.6) is 0 Å². The van der Waals surface area contributed by atoms with Gasteiger partial charge in [-0.2, -0.15) is 0 Å². The van der Waals surface area contributed by atoms with Crippen LogP contribution in [0.15, 0.2) is 47.4 Å². The summed E-state index contributed by atoms with van der Waals surface area (Å²) in [6.45, 7) is 0. The molecule has 0 unspecified atom stereocenters. The third-order valence-corrected chi connectivity index (χ3v) is 3.32. The number of benzene rings is 2. The molecule has 0 aromatic heterocycles. The Bertz CT molecular complexity index is 596. The van der Waals surface area contributed by atoms with Gasteiger partial charge in [0.1, 0.15) is 5.82 Å². The summed E-state index contributed by atoms with van der Waals surface area (Å²) >= 11 is 1.47. The van der Waals surface area contributed by atoms with E-state index in [0.717, 1.165) is 4.90 Å². The topological polar surface area (TPSA) is 37.3 Å². The minimum absolute atomic E-state index is 0.187. The van der Waals surface area contributed by atoms with E-state index in [1.54, 1.807) is 24.3 Å². The molecule has 0 bridgehead atoms. The molecule has 2 rings (SSSR count). The van der Waals surface area contributed by atoms with Crippen LogP contribution in [-0.2, 0) is 0 Å². The standard InChI is InChI=1S/C14H11FO2S/c1-18-11-5-6-12(13(8-11)14(16)17)9-3-2-4-10(15)7-9/h2-8H,1H3,(H,16,17). The average molecular weight is 262 g/mol. The maximum Gasteiger partial charge on any atom is 0.336 e. The minimum atomic E-state index is -1.01. The molecule has 0 aliphatic rings. The van der Waals surface area contributed by atoms with Crippen molar-refractivity contribution in [1.82, 2.24) is 0 Å². The molecule has 0 spiro atoms. The highest BCUT2D eigenvalue weighted by Crippen LogP contribution is 2.28. The number of rotatable bonds is 3. The molecule has 0 atom stereocenters. The van der Waals surface area contributed by atoms with E-state index in [2.05, 4.69) is 0 Å². The van der Waals surface area contributed by atoms with Crippen LogP contribution in [0, 0.1) is 5.82 Å². The van der Waals surface area contributed by atoms with Crippen molar-refractivity contribution in [3.63, 3.8) is 0 Å². The largest absolute Gasteiger partial charge is 0.478 e. The summed E-state index contributed by atoms with van der Waals surface area (Å²) in [5, 5.41) is 9.21. The number of carbonyl (C=O) groups is 1. The number of hydrogen-bond acceptors (Lipinski definition) is 2. The van der Waals surface area contributed by atoms with Crippen LogP contribution in [0.3, 0.4) is 0 Å². The van der Waals surface area contributed by atoms with Gasteiger partial charge >= 0.3 is 5.97 Å². The SMILES string of the molecule is CSc1ccc(-c2cccc(F)c2)c(C(=O)O)c1. The first-order valence-electron chi connectivity index (χ1n) is 5.29. The summed E-state index contributed by atoms with van der Waals surface area (Å²) in [5.74, 6) is -1.39. The van der Waals surface area contributed by atoms with E-state index in [4.69, 9.17) is 0 Å². The fraction of sp³-hybridized carbons (Fsp3) is 0.0714. The Morgan fingerprint density at radius 2 is 2.00 bits per heavy atom. The van der Waals surface area contributed by atoms with E-state index in [1.807, 2.05) is 12.3 Å². The zero-order valence-corrected chi connectivity index (χ0v) is 10.5. The quantitative estimate of drug-likeness (QED) is 0.852. The number of aromatic carboxylic acids is 1. The average Bonchev–Trinajstić information content (AvgIpc) is 2.38. The van der Waals surface area contributed by atoms with E-state index in [-0.39, 0.29) is 11.4 Å². The molecule has 0 aliphatic carbocycles. The van der Waals surface area contributed by atoms with Crippen LogP contribution >= 0.6 is 11.8 Å². The Morgan fingerprint density at radius 1 is 1.22 bits per heavy atom. The Balaban J connectivity index is 2.60. The molecule has 92 valence electrons. The molecular formula is C14H11FO2S. The normalized spacial score (nSPS) is 10.3. The predicted molar refractivity (Wildman–Crippen MR) is 70.6 cm³/mol. The maximum absolute atomic E-state index is 13.2. The summed E-state index contributed by atoms with van der Waals surface area (Å²) in [7, 11) is 0. The molecule has 4 heteroatoms.